The summed E-state index contributed by atoms with van der Waals surface area (Å²) in [6.07, 6.45) is 0. The molecule has 0 amide bonds. The third-order valence-electron chi connectivity index (χ3n) is 5.21. The lowest BCUT2D eigenvalue weighted by Crippen LogP contribution is -2.34. The normalized spacial score (nSPS) is 18.3. The fourth-order valence-corrected chi connectivity index (χ4v) is 4.50. The number of fused-ring (bicyclic) bond motifs is 6. The molecule has 0 saturated carbocycles. The molecule has 3 N–H and O–H groups in total. The maximum absolute atomic E-state index is 12.8. The fraction of sp³-hybridized carbons (Fsp3) is 0.0476. The molecule has 3 aromatic carbocycles. The van der Waals surface area contributed by atoms with Crippen molar-refractivity contribution in [1.29, 1.82) is 0 Å². The van der Waals surface area contributed by atoms with Crippen molar-refractivity contribution >= 4 is 35.1 Å². The van der Waals surface area contributed by atoms with Crippen LogP contribution in [0.25, 0.3) is 0 Å². The number of esters is 1. The molecule has 2 aliphatic rings. The van der Waals surface area contributed by atoms with E-state index in [1.807, 2.05) is 0 Å². The number of hydrogen-bond donors (Lipinski definition) is 3. The first-order valence-corrected chi connectivity index (χ1v) is 9.34. The number of phenolic OH excluding ortho intramolecular Hbond substituents is 1. The van der Waals surface area contributed by atoms with Gasteiger partial charge < -0.3 is 24.8 Å². The van der Waals surface area contributed by atoms with E-state index in [9.17, 15) is 24.9 Å². The summed E-state index contributed by atoms with van der Waals surface area (Å²) in [7, 11) is 0. The van der Waals surface area contributed by atoms with Gasteiger partial charge in [-0.25, -0.2) is 9.59 Å². The topological polar surface area (TPSA) is 113 Å². The Kier molecular flexibility index (Phi) is 3.75. The molecule has 1 atom stereocenters. The largest absolute Gasteiger partial charge is 0.508 e. The van der Waals surface area contributed by atoms with Crippen LogP contribution in [0.5, 0.6) is 23.0 Å². The van der Waals surface area contributed by atoms with Gasteiger partial charge in [0, 0.05) is 17.2 Å². The number of carboxylic acid groups (broad SMARTS) is 1. The van der Waals surface area contributed by atoms with Gasteiger partial charge >= 0.3 is 11.9 Å². The molecule has 0 saturated heterocycles. The predicted molar refractivity (Wildman–Crippen MR) is 105 cm³/mol. The number of ether oxygens (including phenoxy) is 2. The zero-order valence-corrected chi connectivity index (χ0v) is 16.3. The summed E-state index contributed by atoms with van der Waals surface area (Å²) in [6, 6.07) is 10.7. The minimum atomic E-state index is -1.69. The summed E-state index contributed by atoms with van der Waals surface area (Å²) in [6.45, 7) is 0. The second kappa shape index (κ2) is 6.04. The smallest absolute Gasteiger partial charge is 0.343 e. The quantitative estimate of drug-likeness (QED) is 0.467. The van der Waals surface area contributed by atoms with Crippen LogP contribution in [0.3, 0.4) is 0 Å². The number of phenols is 2. The van der Waals surface area contributed by atoms with Crippen LogP contribution in [-0.4, -0.2) is 27.3 Å². The van der Waals surface area contributed by atoms with Crippen LogP contribution in [0, 0.1) is 0 Å². The van der Waals surface area contributed by atoms with E-state index < -0.39 is 33.9 Å². The van der Waals surface area contributed by atoms with Gasteiger partial charge in [-0.05, 0) is 18.2 Å². The van der Waals surface area contributed by atoms with Crippen molar-refractivity contribution in [2.24, 2.45) is 0 Å². The molecule has 0 radical (unpaired) electrons. The van der Waals surface area contributed by atoms with E-state index in [0.717, 1.165) is 0 Å². The lowest BCUT2D eigenvalue weighted by Gasteiger charge is -2.37. The van der Waals surface area contributed by atoms with Crippen LogP contribution in [-0.2, 0) is 10.3 Å². The Morgan fingerprint density at radius 3 is 2.47 bits per heavy atom. The van der Waals surface area contributed by atoms with E-state index in [4.69, 9.17) is 32.7 Å². The van der Waals surface area contributed by atoms with Crippen molar-refractivity contribution in [3.8, 4) is 23.0 Å². The minimum Gasteiger partial charge on any atom is -0.508 e. The first-order valence-electron chi connectivity index (χ1n) is 8.59. The molecule has 30 heavy (non-hydrogen) atoms. The highest BCUT2D eigenvalue weighted by molar-refractivity contribution is 6.44. The molecule has 0 fully saturated rings. The third kappa shape index (κ3) is 2.16. The van der Waals surface area contributed by atoms with Crippen molar-refractivity contribution in [3.05, 3.63) is 80.3 Å². The van der Waals surface area contributed by atoms with E-state index in [0.29, 0.717) is 11.1 Å². The molecule has 1 spiro atoms. The highest BCUT2D eigenvalue weighted by Crippen LogP contribution is 2.61. The van der Waals surface area contributed by atoms with E-state index in [1.54, 1.807) is 24.3 Å². The summed E-state index contributed by atoms with van der Waals surface area (Å²) in [4.78, 5) is 24.7. The van der Waals surface area contributed by atoms with Crippen LogP contribution in [0.4, 0.5) is 0 Å². The number of aromatic carboxylic acids is 1. The molecular formula is C21H10Cl2O7. The van der Waals surface area contributed by atoms with E-state index in [1.165, 1.54) is 18.2 Å². The highest BCUT2D eigenvalue weighted by Gasteiger charge is 2.56. The van der Waals surface area contributed by atoms with Crippen LogP contribution in [0.15, 0.2) is 42.5 Å². The van der Waals surface area contributed by atoms with Crippen LogP contribution >= 0.6 is 23.2 Å². The maximum Gasteiger partial charge on any atom is 0.343 e. The van der Waals surface area contributed by atoms with Gasteiger partial charge in [-0.2, -0.15) is 0 Å². The molecule has 0 aliphatic carbocycles. The van der Waals surface area contributed by atoms with E-state index in [-0.39, 0.29) is 33.4 Å². The molecule has 3 aromatic rings. The zero-order valence-electron chi connectivity index (χ0n) is 14.8. The summed E-state index contributed by atoms with van der Waals surface area (Å²) in [5.74, 6) is -3.44. The Balaban J connectivity index is 2.01. The summed E-state index contributed by atoms with van der Waals surface area (Å²) >= 11 is 12.6. The Morgan fingerprint density at radius 1 is 1.00 bits per heavy atom. The summed E-state index contributed by atoms with van der Waals surface area (Å²) < 4.78 is 11.6. The standard InChI is InChI=1S/C21H10Cl2O7/c22-15-14-18(13(19(26)27)17(25)16(15)23)29-12-7-8(24)5-6-11(12)21(14)10-4-2-1-3-9(10)20(28)30-21/h1-7,24-25H,(H,26,27). The zero-order chi connectivity index (χ0) is 21.4. The van der Waals surface area contributed by atoms with Crippen molar-refractivity contribution < 1.29 is 34.4 Å². The predicted octanol–water partition coefficient (Wildman–Crippen LogP) is 4.67. The SMILES string of the molecule is O=C1OC2(c3ccc(O)cc3Oc3c(C(=O)O)c(O)c(Cl)c(Cl)c32)c2ccccc21. The van der Waals surface area contributed by atoms with E-state index in [2.05, 4.69) is 0 Å². The Hall–Kier alpha value is -3.42. The van der Waals surface area contributed by atoms with Gasteiger partial charge in [0.1, 0.15) is 22.1 Å². The minimum absolute atomic E-state index is 0.0270. The second-order valence-electron chi connectivity index (χ2n) is 6.76. The molecule has 2 aliphatic heterocycles. The number of carboxylic acids is 1. The summed E-state index contributed by atoms with van der Waals surface area (Å²) in [5.41, 5.74) is -1.41. The lowest BCUT2D eigenvalue weighted by molar-refractivity contribution is 0.0224. The van der Waals surface area contributed by atoms with Crippen molar-refractivity contribution in [2.75, 3.05) is 0 Å². The Bertz CT molecular complexity index is 1300. The molecule has 5 rings (SSSR count). The first-order chi connectivity index (χ1) is 14.3. The van der Waals surface area contributed by atoms with Crippen molar-refractivity contribution in [2.45, 2.75) is 5.60 Å². The van der Waals surface area contributed by atoms with Crippen LogP contribution in [0.1, 0.15) is 37.4 Å². The monoisotopic (exact) mass is 444 g/mol. The molecule has 1 unspecified atom stereocenters. The van der Waals surface area contributed by atoms with Gasteiger partial charge in [0.25, 0.3) is 0 Å². The number of hydrogen-bond acceptors (Lipinski definition) is 6. The molecule has 2 heterocycles. The van der Waals surface area contributed by atoms with Gasteiger partial charge in [0.15, 0.2) is 17.1 Å². The van der Waals surface area contributed by atoms with Gasteiger partial charge in [0.2, 0.25) is 0 Å². The summed E-state index contributed by atoms with van der Waals surface area (Å²) in [5, 5.41) is 29.4. The van der Waals surface area contributed by atoms with Gasteiger partial charge in [0.05, 0.1) is 16.1 Å². The number of carbonyl (C=O) groups is 2. The molecule has 0 aromatic heterocycles. The molecule has 7 nitrogen and oxygen atoms in total. The highest BCUT2D eigenvalue weighted by atomic mass is 35.5. The number of carbonyl (C=O) groups excluding carboxylic acids is 1. The van der Waals surface area contributed by atoms with Gasteiger partial charge in [-0.15, -0.1) is 0 Å². The lowest BCUT2D eigenvalue weighted by atomic mass is 9.77. The molecule has 150 valence electrons. The maximum atomic E-state index is 12.8. The Labute approximate surface area is 178 Å². The fourth-order valence-electron chi connectivity index (χ4n) is 4.00. The van der Waals surface area contributed by atoms with Crippen LogP contribution < -0.4 is 4.74 Å². The average Bonchev–Trinajstić information content (AvgIpc) is 2.99. The average molecular weight is 445 g/mol. The molecule has 0 bridgehead atoms. The number of aromatic hydroxyl groups is 2. The van der Waals surface area contributed by atoms with Crippen LogP contribution in [0.2, 0.25) is 10.0 Å². The van der Waals surface area contributed by atoms with E-state index >= 15 is 0 Å². The Morgan fingerprint density at radius 2 is 1.73 bits per heavy atom. The molecular weight excluding hydrogens is 435 g/mol. The third-order valence-corrected chi connectivity index (χ3v) is 6.05. The molecule has 9 heteroatoms. The second-order valence-corrected chi connectivity index (χ2v) is 7.52. The number of halogens is 2. The number of rotatable bonds is 1. The first kappa shape index (κ1) is 18.6. The van der Waals surface area contributed by atoms with Gasteiger partial charge in [-0.3, -0.25) is 0 Å². The van der Waals surface area contributed by atoms with Crippen molar-refractivity contribution in [1.82, 2.24) is 0 Å². The number of benzene rings is 3. The van der Waals surface area contributed by atoms with Crippen molar-refractivity contribution in [3.63, 3.8) is 0 Å². The van der Waals surface area contributed by atoms with Gasteiger partial charge in [-0.1, -0.05) is 41.4 Å².